The summed E-state index contributed by atoms with van der Waals surface area (Å²) >= 11 is 0. The lowest BCUT2D eigenvalue weighted by molar-refractivity contribution is 0.198. The van der Waals surface area contributed by atoms with Crippen molar-refractivity contribution in [2.24, 2.45) is 0 Å². The number of sulfonamides is 1. The summed E-state index contributed by atoms with van der Waals surface area (Å²) < 4.78 is 32.3. The van der Waals surface area contributed by atoms with E-state index in [1.807, 2.05) is 0 Å². The highest BCUT2D eigenvalue weighted by Gasteiger charge is 2.16. The van der Waals surface area contributed by atoms with Crippen molar-refractivity contribution in [3.8, 4) is 0 Å². The van der Waals surface area contributed by atoms with Crippen LogP contribution in [-0.2, 0) is 14.8 Å². The number of hydrogen-bond acceptors (Lipinski definition) is 5. The van der Waals surface area contributed by atoms with E-state index in [4.69, 9.17) is 4.74 Å². The number of nitrogens with one attached hydrogen (secondary N) is 2. The Balaban J connectivity index is 2.02. The molecule has 1 aromatic carbocycles. The van der Waals surface area contributed by atoms with Crippen molar-refractivity contribution in [2.75, 3.05) is 30.3 Å². The van der Waals surface area contributed by atoms with Crippen molar-refractivity contribution in [3.63, 3.8) is 0 Å². The fraction of sp³-hybridized carbons (Fsp3) is 0.312. The average Bonchev–Trinajstić information content (AvgIpc) is 2.53. The molecule has 124 valence electrons. The minimum Gasteiger partial charge on any atom is -0.385 e. The molecule has 0 radical (unpaired) electrons. The summed E-state index contributed by atoms with van der Waals surface area (Å²) in [5.41, 5.74) is 1.13. The van der Waals surface area contributed by atoms with Gasteiger partial charge in [0.2, 0.25) is 0 Å². The number of aromatic nitrogens is 1. The SMILES string of the molecule is COCCCNc1ccc(NS(=O)(=O)c2ccccc2C)cn1. The second kappa shape index (κ2) is 7.94. The fourth-order valence-electron chi connectivity index (χ4n) is 2.06. The van der Waals surface area contributed by atoms with Crippen LogP contribution in [0.25, 0.3) is 0 Å². The molecule has 2 rings (SSSR count). The number of aryl methyl sites for hydroxylation is 1. The van der Waals surface area contributed by atoms with Gasteiger partial charge >= 0.3 is 0 Å². The average molecular weight is 335 g/mol. The quantitative estimate of drug-likeness (QED) is 0.725. The van der Waals surface area contributed by atoms with Gasteiger partial charge in [-0.25, -0.2) is 13.4 Å². The summed E-state index contributed by atoms with van der Waals surface area (Å²) in [4.78, 5) is 4.46. The third kappa shape index (κ3) is 4.94. The molecule has 23 heavy (non-hydrogen) atoms. The number of anilines is 2. The predicted molar refractivity (Wildman–Crippen MR) is 91.2 cm³/mol. The van der Waals surface area contributed by atoms with Gasteiger partial charge in [-0.15, -0.1) is 0 Å². The van der Waals surface area contributed by atoms with Gasteiger partial charge in [0.05, 0.1) is 16.8 Å². The van der Waals surface area contributed by atoms with Gasteiger partial charge in [0.25, 0.3) is 10.0 Å². The van der Waals surface area contributed by atoms with Gasteiger partial charge in [-0.2, -0.15) is 0 Å². The molecule has 0 fully saturated rings. The van der Waals surface area contributed by atoms with E-state index in [1.54, 1.807) is 50.4 Å². The normalized spacial score (nSPS) is 11.2. The predicted octanol–water partition coefficient (Wildman–Crippen LogP) is 2.64. The highest BCUT2D eigenvalue weighted by Crippen LogP contribution is 2.19. The number of hydrogen-bond donors (Lipinski definition) is 2. The second-order valence-electron chi connectivity index (χ2n) is 5.08. The lowest BCUT2D eigenvalue weighted by atomic mass is 10.2. The number of methoxy groups -OCH3 is 1. The summed E-state index contributed by atoms with van der Waals surface area (Å²) in [6.45, 7) is 3.19. The van der Waals surface area contributed by atoms with Gasteiger partial charge in [0.15, 0.2) is 0 Å². The zero-order chi connectivity index (χ0) is 16.7. The van der Waals surface area contributed by atoms with Crippen LogP contribution in [0.15, 0.2) is 47.5 Å². The molecule has 0 saturated heterocycles. The van der Waals surface area contributed by atoms with Crippen molar-refractivity contribution in [3.05, 3.63) is 48.2 Å². The van der Waals surface area contributed by atoms with Gasteiger partial charge < -0.3 is 10.1 Å². The van der Waals surface area contributed by atoms with Crippen LogP contribution in [0, 0.1) is 6.92 Å². The first kappa shape index (κ1) is 17.2. The Morgan fingerprint density at radius 3 is 2.61 bits per heavy atom. The Labute approximate surface area is 137 Å². The zero-order valence-electron chi connectivity index (χ0n) is 13.2. The molecular formula is C16H21N3O3S. The molecule has 0 unspecified atom stereocenters. The van der Waals surface area contributed by atoms with Crippen LogP contribution in [0.4, 0.5) is 11.5 Å². The Kier molecular flexibility index (Phi) is 5.95. The van der Waals surface area contributed by atoms with Crippen LogP contribution in [0.5, 0.6) is 0 Å². The number of nitrogens with zero attached hydrogens (tertiary/aromatic N) is 1. The third-order valence-electron chi connectivity index (χ3n) is 3.23. The van der Waals surface area contributed by atoms with Gasteiger partial charge in [0, 0.05) is 20.3 Å². The lowest BCUT2D eigenvalue weighted by Crippen LogP contribution is -2.14. The van der Waals surface area contributed by atoms with Crippen molar-refractivity contribution in [2.45, 2.75) is 18.2 Å². The number of rotatable bonds is 8. The summed E-state index contributed by atoms with van der Waals surface area (Å²) in [7, 11) is -1.95. The van der Waals surface area contributed by atoms with Crippen LogP contribution < -0.4 is 10.0 Å². The molecule has 0 amide bonds. The molecule has 2 aromatic rings. The maximum Gasteiger partial charge on any atom is 0.262 e. The molecule has 7 heteroatoms. The topological polar surface area (TPSA) is 80.3 Å². The van der Waals surface area contributed by atoms with E-state index in [0.717, 1.165) is 13.0 Å². The Morgan fingerprint density at radius 2 is 1.96 bits per heavy atom. The van der Waals surface area contributed by atoms with Crippen LogP contribution in [0.2, 0.25) is 0 Å². The Hall–Kier alpha value is -2.12. The van der Waals surface area contributed by atoms with Crippen molar-refractivity contribution in [1.29, 1.82) is 0 Å². The third-order valence-corrected chi connectivity index (χ3v) is 4.77. The minimum atomic E-state index is -3.61. The lowest BCUT2D eigenvalue weighted by Gasteiger charge is -2.11. The summed E-state index contributed by atoms with van der Waals surface area (Å²) in [5, 5.41) is 3.14. The standard InChI is InChI=1S/C16H21N3O3S/c1-13-6-3-4-7-15(13)23(20,21)19-14-8-9-16(18-12-14)17-10-5-11-22-2/h3-4,6-9,12,19H,5,10-11H2,1-2H3,(H,17,18). The summed E-state index contributed by atoms with van der Waals surface area (Å²) in [5.74, 6) is 0.694. The first-order valence-electron chi connectivity index (χ1n) is 7.30. The zero-order valence-corrected chi connectivity index (χ0v) is 14.1. The van der Waals surface area contributed by atoms with E-state index in [9.17, 15) is 8.42 Å². The number of ether oxygens (including phenoxy) is 1. The molecule has 0 atom stereocenters. The van der Waals surface area contributed by atoms with Crippen molar-refractivity contribution < 1.29 is 13.2 Å². The molecule has 0 aliphatic carbocycles. The molecule has 0 spiro atoms. The molecule has 0 aliphatic rings. The minimum absolute atomic E-state index is 0.266. The molecule has 6 nitrogen and oxygen atoms in total. The van der Waals surface area contributed by atoms with E-state index in [1.165, 1.54) is 6.20 Å². The molecule has 0 aliphatic heterocycles. The van der Waals surface area contributed by atoms with Gasteiger partial charge in [-0.3, -0.25) is 4.72 Å². The maximum atomic E-state index is 12.4. The molecule has 1 aromatic heterocycles. The molecule has 0 saturated carbocycles. The smallest absolute Gasteiger partial charge is 0.262 e. The second-order valence-corrected chi connectivity index (χ2v) is 6.73. The van der Waals surface area contributed by atoms with Crippen molar-refractivity contribution in [1.82, 2.24) is 4.98 Å². The summed E-state index contributed by atoms with van der Waals surface area (Å²) in [6, 6.07) is 10.3. The van der Waals surface area contributed by atoms with Crippen molar-refractivity contribution >= 4 is 21.5 Å². The van der Waals surface area contributed by atoms with Gasteiger partial charge in [0.1, 0.15) is 5.82 Å². The molecule has 1 heterocycles. The van der Waals surface area contributed by atoms with Gasteiger partial charge in [-0.05, 0) is 37.1 Å². The highest BCUT2D eigenvalue weighted by molar-refractivity contribution is 7.92. The van der Waals surface area contributed by atoms with E-state index in [0.29, 0.717) is 23.7 Å². The van der Waals surface area contributed by atoms with E-state index in [-0.39, 0.29) is 4.90 Å². The van der Waals surface area contributed by atoms with E-state index < -0.39 is 10.0 Å². The monoisotopic (exact) mass is 335 g/mol. The molecular weight excluding hydrogens is 314 g/mol. The first-order valence-corrected chi connectivity index (χ1v) is 8.78. The fourth-order valence-corrected chi connectivity index (χ4v) is 3.35. The van der Waals surface area contributed by atoms with Crippen LogP contribution in [0.3, 0.4) is 0 Å². The Bertz CT molecular complexity index is 730. The maximum absolute atomic E-state index is 12.4. The first-order chi connectivity index (χ1) is 11.0. The van der Waals surface area contributed by atoms with Crippen LogP contribution in [0.1, 0.15) is 12.0 Å². The van der Waals surface area contributed by atoms with Gasteiger partial charge in [-0.1, -0.05) is 18.2 Å². The number of pyridine rings is 1. The highest BCUT2D eigenvalue weighted by atomic mass is 32.2. The Morgan fingerprint density at radius 1 is 1.17 bits per heavy atom. The molecule has 2 N–H and O–H groups in total. The van der Waals surface area contributed by atoms with Crippen LogP contribution >= 0.6 is 0 Å². The van der Waals surface area contributed by atoms with E-state index in [2.05, 4.69) is 15.0 Å². The molecule has 0 bridgehead atoms. The van der Waals surface area contributed by atoms with E-state index >= 15 is 0 Å². The summed E-state index contributed by atoms with van der Waals surface area (Å²) in [6.07, 6.45) is 2.37. The largest absolute Gasteiger partial charge is 0.385 e. The number of benzene rings is 1. The van der Waals surface area contributed by atoms with Crippen LogP contribution in [-0.4, -0.2) is 33.7 Å².